The molecule has 0 amide bonds. The highest BCUT2D eigenvalue weighted by Gasteiger charge is 2.01. The molecule has 0 aliphatic rings. The molecule has 0 bridgehead atoms. The summed E-state index contributed by atoms with van der Waals surface area (Å²) in [7, 11) is 0. The van der Waals surface area contributed by atoms with E-state index < -0.39 is 0 Å². The first-order valence-electron chi connectivity index (χ1n) is 9.92. The average Bonchev–Trinajstić information content (AvgIpc) is 2.69. The van der Waals surface area contributed by atoms with Crippen molar-refractivity contribution in [3.05, 3.63) is 80.8 Å². The summed E-state index contributed by atoms with van der Waals surface area (Å²) >= 11 is 6.81. The van der Waals surface area contributed by atoms with Gasteiger partial charge in [-0.1, -0.05) is 62.2 Å². The Morgan fingerprint density at radius 1 is 0.900 bits per heavy atom. The number of carbonyl (C=O) groups is 2. The summed E-state index contributed by atoms with van der Waals surface area (Å²) in [6.07, 6.45) is 6.26. The topological polar surface area (TPSA) is 52.6 Å². The van der Waals surface area contributed by atoms with Crippen LogP contribution in [-0.4, -0.2) is 25.2 Å². The Balaban J connectivity index is 0.000000300. The second-order valence-electron chi connectivity index (χ2n) is 6.28. The van der Waals surface area contributed by atoms with Crippen LogP contribution in [0.5, 0.6) is 0 Å². The Morgan fingerprint density at radius 2 is 1.50 bits per heavy atom. The van der Waals surface area contributed by atoms with Crippen LogP contribution in [0.25, 0.3) is 0 Å². The van der Waals surface area contributed by atoms with Gasteiger partial charge in [-0.15, -0.1) is 0 Å². The first-order chi connectivity index (χ1) is 14.4. The maximum Gasteiger partial charge on any atom is 0.330 e. The molecule has 0 saturated carbocycles. The lowest BCUT2D eigenvalue weighted by atomic mass is 10.1. The van der Waals surface area contributed by atoms with Crippen molar-refractivity contribution in [2.24, 2.45) is 0 Å². The molecule has 0 spiro atoms. The summed E-state index contributed by atoms with van der Waals surface area (Å²) in [6.45, 7) is 4.50. The predicted molar refractivity (Wildman–Crippen MR) is 127 cm³/mol. The third-order valence-electron chi connectivity index (χ3n) is 3.82. The van der Waals surface area contributed by atoms with Gasteiger partial charge in [-0.2, -0.15) is 0 Å². The maximum atomic E-state index is 11.1. The summed E-state index contributed by atoms with van der Waals surface area (Å²) in [5.74, 6) is -0.389. The number of benzene rings is 2. The van der Waals surface area contributed by atoms with Crippen molar-refractivity contribution in [3.63, 3.8) is 0 Å². The van der Waals surface area contributed by atoms with Gasteiger partial charge in [0.15, 0.2) is 0 Å². The zero-order chi connectivity index (χ0) is 22.2. The summed E-state index contributed by atoms with van der Waals surface area (Å²) in [4.78, 5) is 22.1. The van der Waals surface area contributed by atoms with Gasteiger partial charge in [0, 0.05) is 21.4 Å². The van der Waals surface area contributed by atoms with Gasteiger partial charge in [-0.3, -0.25) is 4.79 Å². The van der Waals surface area contributed by atoms with Gasteiger partial charge in [0.2, 0.25) is 0 Å². The molecule has 0 radical (unpaired) electrons. The molecular weight excluding hydrogens is 512 g/mol. The molecule has 0 aliphatic carbocycles. The van der Waals surface area contributed by atoms with E-state index >= 15 is 0 Å². The molecule has 0 atom stereocenters. The number of hydrogen-bond acceptors (Lipinski definition) is 4. The van der Waals surface area contributed by atoms with Crippen LogP contribution in [-0.2, 0) is 31.9 Å². The Morgan fingerprint density at radius 3 is 2.10 bits per heavy atom. The van der Waals surface area contributed by atoms with Crippen LogP contribution in [0.1, 0.15) is 37.8 Å². The highest BCUT2D eigenvalue weighted by Crippen LogP contribution is 2.14. The van der Waals surface area contributed by atoms with Crippen LogP contribution in [0.2, 0.25) is 0 Å². The number of carbonyl (C=O) groups excluding carboxylic acids is 2. The zero-order valence-corrected chi connectivity index (χ0v) is 20.6. The molecule has 30 heavy (non-hydrogen) atoms. The fourth-order valence-corrected chi connectivity index (χ4v) is 3.40. The van der Waals surface area contributed by atoms with Crippen molar-refractivity contribution in [1.29, 1.82) is 0 Å². The lowest BCUT2D eigenvalue weighted by Gasteiger charge is -2.02. The molecule has 0 saturated heterocycles. The summed E-state index contributed by atoms with van der Waals surface area (Å²) < 4.78 is 11.7. The monoisotopic (exact) mass is 538 g/mol. The van der Waals surface area contributed by atoms with Crippen molar-refractivity contribution in [2.75, 3.05) is 13.2 Å². The fourth-order valence-electron chi connectivity index (χ4n) is 2.51. The molecule has 162 valence electrons. The zero-order valence-electron chi connectivity index (χ0n) is 17.4. The molecule has 0 unspecified atom stereocenters. The van der Waals surface area contributed by atoms with Crippen molar-refractivity contribution in [2.45, 2.75) is 39.5 Å². The van der Waals surface area contributed by atoms with Gasteiger partial charge >= 0.3 is 11.9 Å². The summed E-state index contributed by atoms with van der Waals surface area (Å²) in [5, 5.41) is 0. The Hall–Kier alpha value is -1.92. The number of hydrogen-bond donors (Lipinski definition) is 0. The van der Waals surface area contributed by atoms with Gasteiger partial charge in [0.25, 0.3) is 0 Å². The van der Waals surface area contributed by atoms with Crippen LogP contribution in [0.4, 0.5) is 0 Å². The van der Waals surface area contributed by atoms with Gasteiger partial charge in [-0.25, -0.2) is 4.79 Å². The van der Waals surface area contributed by atoms with E-state index in [1.54, 1.807) is 13.0 Å². The van der Waals surface area contributed by atoms with E-state index in [-0.39, 0.29) is 11.9 Å². The van der Waals surface area contributed by atoms with Crippen LogP contribution in [0.15, 0.2) is 69.6 Å². The van der Waals surface area contributed by atoms with Crippen molar-refractivity contribution in [1.82, 2.24) is 0 Å². The van der Waals surface area contributed by atoms with E-state index in [4.69, 9.17) is 9.47 Å². The molecule has 0 aliphatic heterocycles. The van der Waals surface area contributed by atoms with Crippen LogP contribution in [0, 0.1) is 0 Å². The Bertz CT molecular complexity index is 818. The Labute approximate surface area is 195 Å². The normalized spacial score (nSPS) is 10.3. The lowest BCUT2D eigenvalue weighted by molar-refractivity contribution is -0.143. The maximum absolute atomic E-state index is 11.1. The molecule has 2 rings (SSSR count). The van der Waals surface area contributed by atoms with Gasteiger partial charge in [0.05, 0.1) is 13.2 Å². The number of ether oxygens (including phenoxy) is 2. The van der Waals surface area contributed by atoms with Crippen molar-refractivity contribution >= 4 is 43.8 Å². The predicted octanol–water partition coefficient (Wildman–Crippen LogP) is 6.45. The molecular formula is C24H28Br2O4. The van der Waals surface area contributed by atoms with Crippen molar-refractivity contribution < 1.29 is 19.1 Å². The first-order valence-corrected chi connectivity index (χ1v) is 11.5. The number of allylic oxidation sites excluding steroid dienone is 1. The van der Waals surface area contributed by atoms with Gasteiger partial charge in [-0.05, 0) is 68.5 Å². The second-order valence-corrected chi connectivity index (χ2v) is 8.11. The molecule has 0 heterocycles. The minimum Gasteiger partial charge on any atom is -0.466 e. The van der Waals surface area contributed by atoms with Crippen molar-refractivity contribution in [3.8, 4) is 0 Å². The first kappa shape index (κ1) is 26.1. The van der Waals surface area contributed by atoms with E-state index in [9.17, 15) is 9.59 Å². The quantitative estimate of drug-likeness (QED) is 0.271. The van der Waals surface area contributed by atoms with Gasteiger partial charge < -0.3 is 9.47 Å². The van der Waals surface area contributed by atoms with E-state index in [1.165, 1.54) is 11.6 Å². The number of halogens is 2. The Kier molecular flexibility index (Phi) is 13.8. The molecule has 6 heteroatoms. The third kappa shape index (κ3) is 12.6. The van der Waals surface area contributed by atoms with E-state index in [2.05, 4.69) is 44.0 Å². The van der Waals surface area contributed by atoms with E-state index in [1.807, 2.05) is 43.3 Å². The SMILES string of the molecule is CCOC(=O)/C=C/Cc1cccc(Br)c1.CCOC(=O)CCCc1cccc(Br)c1. The highest BCUT2D eigenvalue weighted by atomic mass is 79.9. The minimum absolute atomic E-state index is 0.104. The number of aryl methyl sites for hydroxylation is 1. The van der Waals surface area contributed by atoms with Crippen LogP contribution in [0.3, 0.4) is 0 Å². The molecule has 0 N–H and O–H groups in total. The summed E-state index contributed by atoms with van der Waals surface area (Å²) in [6, 6.07) is 16.1. The molecule has 2 aromatic rings. The molecule has 4 nitrogen and oxygen atoms in total. The third-order valence-corrected chi connectivity index (χ3v) is 4.81. The van der Waals surface area contributed by atoms with E-state index in [0.717, 1.165) is 33.8 Å². The average molecular weight is 540 g/mol. The molecule has 2 aromatic carbocycles. The molecule has 0 fully saturated rings. The fraction of sp³-hybridized carbons (Fsp3) is 0.333. The van der Waals surface area contributed by atoms with Crippen LogP contribution < -0.4 is 0 Å². The van der Waals surface area contributed by atoms with E-state index in [0.29, 0.717) is 19.6 Å². The highest BCUT2D eigenvalue weighted by molar-refractivity contribution is 9.10. The number of rotatable bonds is 9. The second kappa shape index (κ2) is 15.9. The standard InChI is InChI=1S/C12H15BrO2.C12H13BrO2/c2*1-2-15-12(14)8-4-6-10-5-3-7-11(13)9-10/h3,5,7,9H,2,4,6,8H2,1H3;3-5,7-9H,2,6H2,1H3/b;8-4+. The van der Waals surface area contributed by atoms with Crippen LogP contribution >= 0.6 is 31.9 Å². The van der Waals surface area contributed by atoms with Gasteiger partial charge in [0.1, 0.15) is 0 Å². The minimum atomic E-state index is -0.285. The number of esters is 2. The summed E-state index contributed by atoms with van der Waals surface area (Å²) in [5.41, 5.74) is 2.40. The smallest absolute Gasteiger partial charge is 0.330 e. The largest absolute Gasteiger partial charge is 0.466 e. The molecule has 0 aromatic heterocycles. The lowest BCUT2D eigenvalue weighted by Crippen LogP contribution is -2.03.